The summed E-state index contributed by atoms with van der Waals surface area (Å²) >= 11 is 0. The molecule has 1 heterocycles. The zero-order valence-electron chi connectivity index (χ0n) is 13.9. The molecule has 122 valence electrons. The molecule has 0 radical (unpaired) electrons. The minimum Gasteiger partial charge on any atom is -0.496 e. The molecule has 0 spiro atoms. The van der Waals surface area contributed by atoms with Gasteiger partial charge in [0, 0.05) is 17.7 Å². The molecule has 0 unspecified atom stereocenters. The Hall–Kier alpha value is -3.01. The van der Waals surface area contributed by atoms with E-state index in [1.54, 1.807) is 13.2 Å². The molecule has 24 heavy (non-hydrogen) atoms. The summed E-state index contributed by atoms with van der Waals surface area (Å²) in [7, 11) is 3.07. The van der Waals surface area contributed by atoms with Crippen LogP contribution in [-0.4, -0.2) is 14.2 Å². The highest BCUT2D eigenvalue weighted by Crippen LogP contribution is 2.39. The maximum Gasteiger partial charge on any atom is 0.197 e. The summed E-state index contributed by atoms with van der Waals surface area (Å²) in [5, 5.41) is 0.385. The minimum atomic E-state index is -0.169. The fourth-order valence-corrected chi connectivity index (χ4v) is 2.75. The first-order valence-corrected chi connectivity index (χ1v) is 7.51. The van der Waals surface area contributed by atoms with Gasteiger partial charge < -0.3 is 13.9 Å². The first-order valence-electron chi connectivity index (χ1n) is 7.51. The Labute approximate surface area is 139 Å². The third kappa shape index (κ3) is 2.56. The van der Waals surface area contributed by atoms with Crippen LogP contribution in [0, 0.1) is 0 Å². The summed E-state index contributed by atoms with van der Waals surface area (Å²) in [5.41, 5.74) is 2.49. The number of benzene rings is 2. The zero-order valence-corrected chi connectivity index (χ0v) is 13.9. The normalized spacial score (nSPS) is 10.6. The molecule has 0 fully saturated rings. The van der Waals surface area contributed by atoms with Crippen LogP contribution in [0.15, 0.2) is 58.3 Å². The van der Waals surface area contributed by atoms with E-state index < -0.39 is 0 Å². The van der Waals surface area contributed by atoms with Crippen LogP contribution in [0.5, 0.6) is 11.5 Å². The van der Waals surface area contributed by atoms with Crippen LogP contribution in [-0.2, 0) is 0 Å². The number of methoxy groups -OCH3 is 2. The van der Waals surface area contributed by atoms with Gasteiger partial charge in [0.25, 0.3) is 0 Å². The summed E-state index contributed by atoms with van der Waals surface area (Å²) in [6.45, 7) is 5.84. The molecule has 3 aromatic rings. The molecule has 3 rings (SSSR count). The van der Waals surface area contributed by atoms with E-state index in [1.165, 1.54) is 13.2 Å². The summed E-state index contributed by atoms with van der Waals surface area (Å²) in [6.07, 6.45) is 0. The van der Waals surface area contributed by atoms with Crippen molar-refractivity contribution in [2.45, 2.75) is 6.92 Å². The number of hydrogen-bond acceptors (Lipinski definition) is 4. The molecule has 0 aliphatic carbocycles. The second-order valence-electron chi connectivity index (χ2n) is 5.48. The highest BCUT2D eigenvalue weighted by molar-refractivity contribution is 5.96. The molecule has 0 N–H and O–H groups in total. The van der Waals surface area contributed by atoms with Crippen molar-refractivity contribution in [3.05, 3.63) is 64.8 Å². The smallest absolute Gasteiger partial charge is 0.197 e. The molecule has 0 saturated carbocycles. The van der Waals surface area contributed by atoms with Crippen molar-refractivity contribution in [1.82, 2.24) is 0 Å². The van der Waals surface area contributed by atoms with Crippen molar-refractivity contribution in [1.29, 1.82) is 0 Å². The quantitative estimate of drug-likeness (QED) is 0.709. The third-order valence-corrected chi connectivity index (χ3v) is 3.85. The lowest BCUT2D eigenvalue weighted by Gasteiger charge is -2.14. The minimum absolute atomic E-state index is 0.169. The molecular weight excluding hydrogens is 304 g/mol. The van der Waals surface area contributed by atoms with Crippen LogP contribution in [0.2, 0.25) is 0 Å². The second-order valence-corrected chi connectivity index (χ2v) is 5.48. The van der Waals surface area contributed by atoms with Gasteiger partial charge in [-0.2, -0.15) is 0 Å². The highest BCUT2D eigenvalue weighted by atomic mass is 16.5. The predicted molar refractivity (Wildman–Crippen MR) is 95.7 cm³/mol. The molecule has 0 bridgehead atoms. The van der Waals surface area contributed by atoms with Gasteiger partial charge in [-0.05, 0) is 12.5 Å². The van der Waals surface area contributed by atoms with Crippen LogP contribution in [0.3, 0.4) is 0 Å². The summed E-state index contributed by atoms with van der Waals surface area (Å²) < 4.78 is 16.9. The monoisotopic (exact) mass is 322 g/mol. The van der Waals surface area contributed by atoms with E-state index in [-0.39, 0.29) is 5.43 Å². The van der Waals surface area contributed by atoms with Crippen molar-refractivity contribution in [2.24, 2.45) is 0 Å². The Bertz CT molecular complexity index is 968. The Morgan fingerprint density at radius 3 is 2.29 bits per heavy atom. The molecular formula is C20H18O4. The van der Waals surface area contributed by atoms with Gasteiger partial charge in [-0.25, -0.2) is 0 Å². The van der Waals surface area contributed by atoms with Crippen LogP contribution in [0.4, 0.5) is 0 Å². The van der Waals surface area contributed by atoms with Crippen molar-refractivity contribution in [3.8, 4) is 22.8 Å². The average molecular weight is 322 g/mol. The predicted octanol–water partition coefficient (Wildman–Crippen LogP) is 4.51. The maximum atomic E-state index is 12.7. The number of ether oxygens (including phenoxy) is 2. The fourth-order valence-electron chi connectivity index (χ4n) is 2.75. The number of fused-ring (bicyclic) bond motifs is 1. The third-order valence-electron chi connectivity index (χ3n) is 3.85. The Morgan fingerprint density at radius 1 is 1.04 bits per heavy atom. The van der Waals surface area contributed by atoms with Crippen molar-refractivity contribution >= 4 is 16.5 Å². The first kappa shape index (κ1) is 15.9. The van der Waals surface area contributed by atoms with Gasteiger partial charge >= 0.3 is 0 Å². The topological polar surface area (TPSA) is 48.7 Å². The van der Waals surface area contributed by atoms with E-state index in [0.29, 0.717) is 33.8 Å². The lowest BCUT2D eigenvalue weighted by molar-refractivity contribution is 0.395. The lowest BCUT2D eigenvalue weighted by atomic mass is 10.0. The average Bonchev–Trinajstić information content (AvgIpc) is 2.60. The number of hydrogen-bond donors (Lipinski definition) is 0. The number of rotatable bonds is 4. The molecule has 0 atom stereocenters. The van der Waals surface area contributed by atoms with E-state index >= 15 is 0 Å². The zero-order chi connectivity index (χ0) is 17.3. The maximum absolute atomic E-state index is 12.7. The van der Waals surface area contributed by atoms with E-state index in [9.17, 15) is 4.79 Å². The van der Waals surface area contributed by atoms with Crippen LogP contribution in [0.25, 0.3) is 27.9 Å². The van der Waals surface area contributed by atoms with Crippen molar-refractivity contribution < 1.29 is 13.9 Å². The molecule has 0 saturated heterocycles. The number of allylic oxidation sites excluding steroid dienone is 1. The molecule has 0 aliphatic rings. The van der Waals surface area contributed by atoms with Crippen LogP contribution >= 0.6 is 0 Å². The molecule has 2 aromatic carbocycles. The fraction of sp³-hybridized carbons (Fsp3) is 0.150. The van der Waals surface area contributed by atoms with Crippen LogP contribution in [0.1, 0.15) is 12.5 Å². The highest BCUT2D eigenvalue weighted by Gasteiger charge is 2.20. The second kappa shape index (κ2) is 6.24. The molecule has 1 aromatic heterocycles. The van der Waals surface area contributed by atoms with Crippen LogP contribution < -0.4 is 14.9 Å². The van der Waals surface area contributed by atoms with E-state index in [4.69, 9.17) is 13.9 Å². The summed E-state index contributed by atoms with van der Waals surface area (Å²) in [6, 6.07) is 12.6. The van der Waals surface area contributed by atoms with Crippen molar-refractivity contribution in [2.75, 3.05) is 14.2 Å². The molecule has 4 nitrogen and oxygen atoms in total. The van der Waals surface area contributed by atoms with Gasteiger partial charge in [0.2, 0.25) is 0 Å². The van der Waals surface area contributed by atoms with Gasteiger partial charge in [0.1, 0.15) is 22.6 Å². The summed E-state index contributed by atoms with van der Waals surface area (Å²) in [5.74, 6) is 1.46. The van der Waals surface area contributed by atoms with Crippen molar-refractivity contribution in [3.63, 3.8) is 0 Å². The summed E-state index contributed by atoms with van der Waals surface area (Å²) in [4.78, 5) is 12.7. The van der Waals surface area contributed by atoms with E-state index in [2.05, 4.69) is 6.58 Å². The van der Waals surface area contributed by atoms with Gasteiger partial charge in [-0.15, -0.1) is 0 Å². The SMILES string of the molecule is C=C(C)c1c(OC)cc(OC)c2c(=O)cc(-c3ccccc3)oc12. The Balaban J connectivity index is 2.46. The van der Waals surface area contributed by atoms with Gasteiger partial charge in [-0.3, -0.25) is 4.79 Å². The van der Waals surface area contributed by atoms with Gasteiger partial charge in [-0.1, -0.05) is 36.9 Å². The molecule has 0 aliphatic heterocycles. The van der Waals surface area contributed by atoms with E-state index in [1.807, 2.05) is 37.3 Å². The lowest BCUT2D eigenvalue weighted by Crippen LogP contribution is -2.05. The van der Waals surface area contributed by atoms with Gasteiger partial charge in [0.05, 0.1) is 19.8 Å². The first-order chi connectivity index (χ1) is 11.6. The molecule has 0 amide bonds. The van der Waals surface area contributed by atoms with Gasteiger partial charge in [0.15, 0.2) is 11.0 Å². The van der Waals surface area contributed by atoms with E-state index in [0.717, 1.165) is 11.1 Å². The largest absolute Gasteiger partial charge is 0.496 e. The Kier molecular flexibility index (Phi) is 4.13. The molecule has 4 heteroatoms. The Morgan fingerprint density at radius 2 is 1.71 bits per heavy atom. The standard InChI is InChI=1S/C20H18O4/c1-12(2)18-16(22-3)11-17(23-4)19-14(21)10-15(24-20(18)19)13-8-6-5-7-9-13/h5-11H,1H2,2-4H3.